The number of carboxylic acid groups (broad SMARTS) is 3. The SMILES string of the molecule is COCC1(N(OCc2ccccc2)C(C)=O)CC[N+](CCc2ccccc2)(OC(CC(=O)O)(CC(=O)O)C(=O)O)CC1. The van der Waals surface area contributed by atoms with Crippen LogP contribution < -0.4 is 0 Å². The molecular weight excluding hydrogens is 548 g/mol. The molecule has 12 heteroatoms. The molecule has 0 aromatic heterocycles. The number of aliphatic carboxylic acids is 3. The smallest absolute Gasteiger partial charge is 0.343 e. The van der Waals surface area contributed by atoms with E-state index >= 15 is 0 Å². The number of quaternary nitrogens is 1. The van der Waals surface area contributed by atoms with Gasteiger partial charge in [-0.1, -0.05) is 60.7 Å². The van der Waals surface area contributed by atoms with Crippen LogP contribution in [-0.2, 0) is 46.6 Å². The van der Waals surface area contributed by atoms with E-state index in [1.807, 2.05) is 60.7 Å². The number of amides is 1. The Morgan fingerprint density at radius 3 is 1.86 bits per heavy atom. The minimum Gasteiger partial charge on any atom is -0.481 e. The van der Waals surface area contributed by atoms with Crippen molar-refractivity contribution in [2.45, 2.75) is 56.8 Å². The maximum Gasteiger partial charge on any atom is 0.343 e. The summed E-state index contributed by atoms with van der Waals surface area (Å²) in [5.41, 5.74) is -1.64. The average Bonchev–Trinajstić information content (AvgIpc) is 2.94. The average molecular weight is 588 g/mol. The van der Waals surface area contributed by atoms with Gasteiger partial charge in [0.15, 0.2) is 0 Å². The van der Waals surface area contributed by atoms with E-state index in [9.17, 15) is 34.5 Å². The molecule has 1 saturated heterocycles. The molecule has 0 unspecified atom stereocenters. The molecule has 1 amide bonds. The van der Waals surface area contributed by atoms with Crippen LogP contribution in [0.25, 0.3) is 0 Å². The number of rotatable bonds is 16. The number of likely N-dealkylation sites (tertiary alicyclic amines) is 1. The van der Waals surface area contributed by atoms with Crippen LogP contribution in [0.3, 0.4) is 0 Å². The molecule has 0 radical (unpaired) electrons. The zero-order valence-corrected chi connectivity index (χ0v) is 23.9. The summed E-state index contributed by atoms with van der Waals surface area (Å²) in [6, 6.07) is 18.8. The maximum atomic E-state index is 12.9. The number of carbonyl (C=O) groups is 4. The summed E-state index contributed by atoms with van der Waals surface area (Å²) in [5.74, 6) is -5.01. The second-order valence-electron chi connectivity index (χ2n) is 10.7. The second-order valence-corrected chi connectivity index (χ2v) is 10.7. The Morgan fingerprint density at radius 2 is 1.40 bits per heavy atom. The van der Waals surface area contributed by atoms with E-state index in [1.54, 1.807) is 0 Å². The number of ether oxygens (including phenoxy) is 1. The third-order valence-electron chi connectivity index (χ3n) is 7.58. The van der Waals surface area contributed by atoms with Gasteiger partial charge in [0, 0.05) is 33.3 Å². The highest BCUT2D eigenvalue weighted by Gasteiger charge is 2.56. The number of methoxy groups -OCH3 is 1. The van der Waals surface area contributed by atoms with Crippen molar-refractivity contribution in [1.29, 1.82) is 0 Å². The Balaban J connectivity index is 1.96. The zero-order valence-electron chi connectivity index (χ0n) is 23.9. The van der Waals surface area contributed by atoms with Crippen LogP contribution in [0.4, 0.5) is 0 Å². The van der Waals surface area contributed by atoms with Crippen molar-refractivity contribution in [2.75, 3.05) is 33.4 Å². The number of nitrogens with zero attached hydrogens (tertiary/aromatic N) is 2. The molecule has 0 saturated carbocycles. The standard InChI is InChI=1S/C30H38N2O10/c1-23(33)31(41-21-25-11-7-4-8-12-25)29(22-40-2)14-17-32(18-15-29,16-13-24-9-5-3-6-10-24)42-30(28(38)39,19-26(34)35)20-27(36)37/h3-12H,13-22H2,1-2H3,(H2-,34,35,36,37,38,39)/p+1. The quantitative estimate of drug-likeness (QED) is 0.197. The second kappa shape index (κ2) is 14.4. The van der Waals surface area contributed by atoms with Crippen LogP contribution in [0.15, 0.2) is 60.7 Å². The van der Waals surface area contributed by atoms with Crippen molar-refractivity contribution >= 4 is 23.8 Å². The Labute approximate surface area is 244 Å². The number of piperidine rings is 1. The van der Waals surface area contributed by atoms with Gasteiger partial charge >= 0.3 is 17.9 Å². The molecule has 0 aliphatic carbocycles. The van der Waals surface area contributed by atoms with Crippen molar-refractivity contribution in [1.82, 2.24) is 5.06 Å². The van der Waals surface area contributed by atoms with Gasteiger partial charge < -0.3 is 20.1 Å². The predicted molar refractivity (Wildman–Crippen MR) is 149 cm³/mol. The van der Waals surface area contributed by atoms with Gasteiger partial charge in [0.25, 0.3) is 0 Å². The first kappa shape index (κ1) is 32.7. The number of hydrogen-bond donors (Lipinski definition) is 3. The molecule has 1 heterocycles. The van der Waals surface area contributed by atoms with Crippen molar-refractivity contribution in [3.63, 3.8) is 0 Å². The summed E-state index contributed by atoms with van der Waals surface area (Å²) in [6.07, 6.45) is -1.12. The molecule has 42 heavy (non-hydrogen) atoms. The van der Waals surface area contributed by atoms with Crippen molar-refractivity contribution in [3.8, 4) is 0 Å². The van der Waals surface area contributed by atoms with E-state index in [4.69, 9.17) is 14.4 Å². The van der Waals surface area contributed by atoms with E-state index < -0.39 is 41.9 Å². The van der Waals surface area contributed by atoms with E-state index in [2.05, 4.69) is 0 Å². The van der Waals surface area contributed by atoms with Crippen molar-refractivity contribution in [2.24, 2.45) is 0 Å². The lowest BCUT2D eigenvalue weighted by Crippen LogP contribution is -2.67. The van der Waals surface area contributed by atoms with Gasteiger partial charge in [0.1, 0.15) is 31.8 Å². The highest BCUT2D eigenvalue weighted by atomic mass is 16.7. The maximum absolute atomic E-state index is 12.9. The summed E-state index contributed by atoms with van der Waals surface area (Å²) in [7, 11) is 1.51. The first-order valence-electron chi connectivity index (χ1n) is 13.7. The molecule has 1 fully saturated rings. The molecule has 2 aromatic carbocycles. The number of benzene rings is 2. The Bertz CT molecular complexity index is 1200. The molecule has 0 bridgehead atoms. The van der Waals surface area contributed by atoms with E-state index in [0.717, 1.165) is 11.1 Å². The summed E-state index contributed by atoms with van der Waals surface area (Å²) < 4.78 is 5.22. The normalized spacial score (nSPS) is 20.5. The van der Waals surface area contributed by atoms with Crippen LogP contribution in [0.5, 0.6) is 0 Å². The van der Waals surface area contributed by atoms with Gasteiger partial charge in [-0.2, -0.15) is 9.48 Å². The Kier molecular flexibility index (Phi) is 11.2. The molecule has 12 nitrogen and oxygen atoms in total. The van der Waals surface area contributed by atoms with Gasteiger partial charge in [0.05, 0.1) is 19.4 Å². The number of carboxylic acids is 3. The highest BCUT2D eigenvalue weighted by molar-refractivity contribution is 5.88. The predicted octanol–water partition coefficient (Wildman–Crippen LogP) is 2.91. The number of hydroxylamine groups is 5. The van der Waals surface area contributed by atoms with Gasteiger partial charge in [-0.3, -0.25) is 19.2 Å². The van der Waals surface area contributed by atoms with E-state index in [0.29, 0.717) is 6.42 Å². The van der Waals surface area contributed by atoms with Gasteiger partial charge in [-0.25, -0.2) is 9.86 Å². The van der Waals surface area contributed by atoms with Crippen LogP contribution >= 0.6 is 0 Å². The number of carbonyl (C=O) groups excluding carboxylic acids is 1. The molecule has 3 rings (SSSR count). The molecule has 3 N–H and O–H groups in total. The van der Waals surface area contributed by atoms with Crippen LogP contribution in [0, 0.1) is 0 Å². The third kappa shape index (κ3) is 8.35. The lowest BCUT2D eigenvalue weighted by Gasteiger charge is -2.51. The summed E-state index contributed by atoms with van der Waals surface area (Å²) in [5, 5.41) is 30.5. The topological polar surface area (TPSA) is 160 Å². The van der Waals surface area contributed by atoms with Crippen LogP contribution in [-0.4, -0.2) is 93.3 Å². The van der Waals surface area contributed by atoms with Crippen molar-refractivity contribution < 1.29 is 53.6 Å². The number of hydrogen-bond acceptors (Lipinski definition) is 7. The molecule has 1 aliphatic heterocycles. The fraction of sp³-hybridized carbons (Fsp3) is 0.467. The largest absolute Gasteiger partial charge is 0.481 e. The lowest BCUT2D eigenvalue weighted by molar-refractivity contribution is -1.12. The molecule has 228 valence electrons. The monoisotopic (exact) mass is 587 g/mol. The van der Waals surface area contributed by atoms with E-state index in [-0.39, 0.29) is 56.2 Å². The highest BCUT2D eigenvalue weighted by Crippen LogP contribution is 2.38. The molecule has 1 aliphatic rings. The fourth-order valence-electron chi connectivity index (χ4n) is 5.53. The summed E-state index contributed by atoms with van der Waals surface area (Å²) in [4.78, 5) is 61.1. The Hall–Kier alpha value is -3.84. The van der Waals surface area contributed by atoms with Gasteiger partial charge in [-0.05, 0) is 11.1 Å². The summed E-state index contributed by atoms with van der Waals surface area (Å²) in [6.45, 7) is 2.17. The molecule has 0 atom stereocenters. The minimum absolute atomic E-state index is 0.119. The fourth-order valence-corrected chi connectivity index (χ4v) is 5.53. The third-order valence-corrected chi connectivity index (χ3v) is 7.58. The lowest BCUT2D eigenvalue weighted by atomic mass is 9.86. The summed E-state index contributed by atoms with van der Waals surface area (Å²) >= 11 is 0. The zero-order chi connectivity index (χ0) is 30.8. The Morgan fingerprint density at radius 1 is 0.881 bits per heavy atom. The molecular formula is C30H39N2O10+. The van der Waals surface area contributed by atoms with Gasteiger partial charge in [0.2, 0.25) is 11.5 Å². The molecule has 2 aromatic rings. The van der Waals surface area contributed by atoms with Crippen LogP contribution in [0.1, 0.15) is 43.7 Å². The first-order valence-corrected chi connectivity index (χ1v) is 13.7. The van der Waals surface area contributed by atoms with Crippen LogP contribution in [0.2, 0.25) is 0 Å². The van der Waals surface area contributed by atoms with E-state index in [1.165, 1.54) is 19.1 Å². The minimum atomic E-state index is -2.51. The van der Waals surface area contributed by atoms with Crippen molar-refractivity contribution in [3.05, 3.63) is 71.8 Å². The molecule has 0 spiro atoms. The van der Waals surface area contributed by atoms with Gasteiger partial charge in [-0.15, -0.1) is 0 Å². The first-order chi connectivity index (χ1) is 19.9.